The molecule has 1 saturated heterocycles. The van der Waals surface area contributed by atoms with Gasteiger partial charge in [-0.25, -0.2) is 4.79 Å². The van der Waals surface area contributed by atoms with E-state index in [1.807, 2.05) is 37.3 Å². The van der Waals surface area contributed by atoms with Crippen molar-refractivity contribution in [3.05, 3.63) is 65.9 Å². The number of aryl methyl sites for hydroxylation is 1. The lowest BCUT2D eigenvalue weighted by Gasteiger charge is -2.13. The monoisotopic (exact) mass is 347 g/mol. The predicted octanol–water partition coefficient (Wildman–Crippen LogP) is 3.75. The van der Waals surface area contributed by atoms with Crippen molar-refractivity contribution in [3.8, 4) is 0 Å². The number of aromatic nitrogens is 1. The zero-order valence-electron chi connectivity index (χ0n) is 14.2. The quantitative estimate of drug-likeness (QED) is 0.783. The Morgan fingerprint density at radius 3 is 2.65 bits per heavy atom. The van der Waals surface area contributed by atoms with Gasteiger partial charge in [0.25, 0.3) is 5.91 Å². The molecule has 2 aromatic carbocycles. The van der Waals surface area contributed by atoms with Crippen LogP contribution in [0.1, 0.15) is 16.1 Å². The van der Waals surface area contributed by atoms with E-state index in [1.54, 1.807) is 29.2 Å². The van der Waals surface area contributed by atoms with Crippen LogP contribution in [-0.4, -0.2) is 30.1 Å². The third-order valence-electron chi connectivity index (χ3n) is 4.31. The number of hydrogen-bond donors (Lipinski definition) is 1. The van der Waals surface area contributed by atoms with Gasteiger partial charge in [0.15, 0.2) is 0 Å². The van der Waals surface area contributed by atoms with E-state index >= 15 is 0 Å². The Balaban J connectivity index is 1.57. The molecule has 1 N–H and O–H groups in total. The molecular weight excluding hydrogens is 330 g/mol. The molecule has 6 nitrogen and oxygen atoms in total. The van der Waals surface area contributed by atoms with Crippen LogP contribution < -0.4 is 10.2 Å². The third kappa shape index (κ3) is 2.97. The van der Waals surface area contributed by atoms with Crippen LogP contribution in [0, 0.1) is 6.92 Å². The predicted molar refractivity (Wildman–Crippen MR) is 99.6 cm³/mol. The molecule has 0 aliphatic carbocycles. The number of hydrogen-bond acceptors (Lipinski definition) is 4. The first-order valence-corrected chi connectivity index (χ1v) is 8.34. The van der Waals surface area contributed by atoms with Crippen LogP contribution in [-0.2, 0) is 4.74 Å². The molecule has 130 valence electrons. The number of nitrogens with zero attached hydrogens (tertiary/aromatic N) is 2. The van der Waals surface area contributed by atoms with E-state index in [0.29, 0.717) is 30.1 Å². The number of ether oxygens (including phenoxy) is 1. The molecule has 3 aromatic rings. The Hall–Kier alpha value is -3.41. The lowest BCUT2D eigenvalue weighted by atomic mass is 10.1. The molecule has 0 radical (unpaired) electrons. The summed E-state index contributed by atoms with van der Waals surface area (Å²) in [7, 11) is 0. The highest BCUT2D eigenvalue weighted by molar-refractivity contribution is 6.08. The number of amides is 2. The van der Waals surface area contributed by atoms with Crippen LogP contribution in [0.3, 0.4) is 0 Å². The second-order valence-corrected chi connectivity index (χ2v) is 6.10. The SMILES string of the molecule is Cc1ccc2cccc(NC(=O)c3ccc(N4CCOC4=O)cc3)c2n1. The number of carbonyl (C=O) groups is 2. The van der Waals surface area contributed by atoms with Gasteiger partial charge in [-0.15, -0.1) is 0 Å². The molecule has 0 spiro atoms. The van der Waals surface area contributed by atoms with Crippen LogP contribution in [0.25, 0.3) is 10.9 Å². The molecule has 1 fully saturated rings. The fraction of sp³-hybridized carbons (Fsp3) is 0.150. The summed E-state index contributed by atoms with van der Waals surface area (Å²) in [6.07, 6.45) is -0.362. The maximum Gasteiger partial charge on any atom is 0.414 e. The molecule has 2 amide bonds. The summed E-state index contributed by atoms with van der Waals surface area (Å²) in [6.45, 7) is 2.82. The minimum atomic E-state index is -0.362. The first-order chi connectivity index (χ1) is 12.6. The Morgan fingerprint density at radius 2 is 1.92 bits per heavy atom. The Kier molecular flexibility index (Phi) is 4.01. The van der Waals surface area contributed by atoms with Gasteiger partial charge in [-0.1, -0.05) is 18.2 Å². The smallest absolute Gasteiger partial charge is 0.414 e. The Morgan fingerprint density at radius 1 is 1.12 bits per heavy atom. The normalized spacial score (nSPS) is 13.7. The number of fused-ring (bicyclic) bond motifs is 1. The highest BCUT2D eigenvalue weighted by Crippen LogP contribution is 2.23. The second-order valence-electron chi connectivity index (χ2n) is 6.10. The Labute approximate surface area is 150 Å². The summed E-state index contributed by atoms with van der Waals surface area (Å²) in [5.41, 5.74) is 3.54. The van der Waals surface area contributed by atoms with Crippen LogP contribution in [0.2, 0.25) is 0 Å². The van der Waals surface area contributed by atoms with Gasteiger partial charge in [0, 0.05) is 22.3 Å². The van der Waals surface area contributed by atoms with E-state index in [1.165, 1.54) is 0 Å². The van der Waals surface area contributed by atoms with Crippen molar-refractivity contribution in [2.75, 3.05) is 23.4 Å². The van der Waals surface area contributed by atoms with Crippen molar-refractivity contribution >= 4 is 34.3 Å². The highest BCUT2D eigenvalue weighted by atomic mass is 16.6. The lowest BCUT2D eigenvalue weighted by molar-refractivity contribution is 0.102. The van der Waals surface area contributed by atoms with Gasteiger partial charge < -0.3 is 10.1 Å². The number of para-hydroxylation sites is 1. The summed E-state index contributed by atoms with van der Waals surface area (Å²) < 4.78 is 4.93. The van der Waals surface area contributed by atoms with Crippen LogP contribution in [0.4, 0.5) is 16.2 Å². The summed E-state index contributed by atoms with van der Waals surface area (Å²) in [4.78, 5) is 30.3. The fourth-order valence-electron chi connectivity index (χ4n) is 2.96. The van der Waals surface area contributed by atoms with E-state index in [-0.39, 0.29) is 12.0 Å². The van der Waals surface area contributed by atoms with Gasteiger partial charge in [-0.3, -0.25) is 14.7 Å². The average Bonchev–Trinajstić information content (AvgIpc) is 3.08. The minimum absolute atomic E-state index is 0.226. The molecule has 1 aliphatic rings. The number of carbonyl (C=O) groups excluding carboxylic acids is 2. The van der Waals surface area contributed by atoms with E-state index in [2.05, 4.69) is 10.3 Å². The zero-order valence-corrected chi connectivity index (χ0v) is 14.2. The van der Waals surface area contributed by atoms with Gasteiger partial charge >= 0.3 is 6.09 Å². The van der Waals surface area contributed by atoms with Crippen LogP contribution in [0.5, 0.6) is 0 Å². The van der Waals surface area contributed by atoms with Gasteiger partial charge in [0.05, 0.1) is 17.7 Å². The van der Waals surface area contributed by atoms with Crippen molar-refractivity contribution < 1.29 is 14.3 Å². The summed E-state index contributed by atoms with van der Waals surface area (Å²) >= 11 is 0. The third-order valence-corrected chi connectivity index (χ3v) is 4.31. The first kappa shape index (κ1) is 16.1. The second kappa shape index (κ2) is 6.48. The number of nitrogens with one attached hydrogen (secondary N) is 1. The molecule has 1 aliphatic heterocycles. The van der Waals surface area contributed by atoms with Gasteiger partial charge in [0.2, 0.25) is 0 Å². The average molecular weight is 347 g/mol. The van der Waals surface area contributed by atoms with Crippen molar-refractivity contribution in [3.63, 3.8) is 0 Å². The van der Waals surface area contributed by atoms with E-state index in [0.717, 1.165) is 16.6 Å². The number of benzene rings is 2. The first-order valence-electron chi connectivity index (χ1n) is 8.34. The number of cyclic esters (lactones) is 1. The molecule has 2 heterocycles. The van der Waals surface area contributed by atoms with Crippen molar-refractivity contribution in [2.45, 2.75) is 6.92 Å². The molecule has 0 unspecified atom stereocenters. The molecule has 0 atom stereocenters. The fourth-order valence-corrected chi connectivity index (χ4v) is 2.96. The van der Waals surface area contributed by atoms with Gasteiger partial charge in [-0.05, 0) is 43.3 Å². The van der Waals surface area contributed by atoms with Gasteiger partial charge in [0.1, 0.15) is 6.61 Å². The summed E-state index contributed by atoms with van der Waals surface area (Å²) in [6, 6.07) is 16.5. The molecule has 26 heavy (non-hydrogen) atoms. The van der Waals surface area contributed by atoms with Crippen molar-refractivity contribution in [1.29, 1.82) is 0 Å². The largest absolute Gasteiger partial charge is 0.447 e. The molecule has 0 saturated carbocycles. The molecule has 1 aromatic heterocycles. The standard InChI is InChI=1S/C20H17N3O3/c1-13-5-6-14-3-2-4-17(18(14)21-13)22-19(24)15-7-9-16(10-8-15)23-11-12-26-20(23)25/h2-10H,11-12H2,1H3,(H,22,24). The molecular formula is C20H17N3O3. The van der Waals surface area contributed by atoms with Crippen molar-refractivity contribution in [2.24, 2.45) is 0 Å². The van der Waals surface area contributed by atoms with E-state index in [4.69, 9.17) is 4.74 Å². The summed E-state index contributed by atoms with van der Waals surface area (Å²) in [5.74, 6) is -0.226. The number of pyridine rings is 1. The van der Waals surface area contributed by atoms with Crippen LogP contribution in [0.15, 0.2) is 54.6 Å². The van der Waals surface area contributed by atoms with Crippen molar-refractivity contribution in [1.82, 2.24) is 4.98 Å². The maximum atomic E-state index is 12.6. The zero-order chi connectivity index (χ0) is 18.1. The summed E-state index contributed by atoms with van der Waals surface area (Å²) in [5, 5.41) is 3.89. The number of rotatable bonds is 3. The topological polar surface area (TPSA) is 71.5 Å². The van der Waals surface area contributed by atoms with E-state index in [9.17, 15) is 9.59 Å². The Bertz CT molecular complexity index is 999. The molecule has 4 rings (SSSR count). The van der Waals surface area contributed by atoms with Gasteiger partial charge in [-0.2, -0.15) is 0 Å². The van der Waals surface area contributed by atoms with Crippen LogP contribution >= 0.6 is 0 Å². The number of anilines is 2. The lowest BCUT2D eigenvalue weighted by Crippen LogP contribution is -2.23. The maximum absolute atomic E-state index is 12.6. The molecule has 6 heteroatoms. The minimum Gasteiger partial charge on any atom is -0.447 e. The molecule has 0 bridgehead atoms. The highest BCUT2D eigenvalue weighted by Gasteiger charge is 2.23. The van der Waals surface area contributed by atoms with E-state index < -0.39 is 0 Å².